The van der Waals surface area contributed by atoms with Crippen LogP contribution in [0.1, 0.15) is 51.3 Å². The van der Waals surface area contributed by atoms with E-state index in [4.69, 9.17) is 9.47 Å². The number of rotatable bonds is 0. The number of hydrogen-bond acceptors (Lipinski definition) is 3. The molecule has 0 saturated heterocycles. The molecule has 0 amide bonds. The second-order valence-corrected chi connectivity index (χ2v) is 7.35. The number of hydrogen-bond donors (Lipinski definition) is 0. The molecule has 0 spiro atoms. The first kappa shape index (κ1) is 11.8. The Kier molecular flexibility index (Phi) is 2.50. The van der Waals surface area contributed by atoms with Crippen molar-refractivity contribution in [2.24, 2.45) is 0 Å². The number of fused-ring (bicyclic) bond motifs is 1. The van der Waals surface area contributed by atoms with Crippen molar-refractivity contribution < 1.29 is 9.47 Å². The molecule has 3 heteroatoms. The molecule has 0 aliphatic carbocycles. The average molecular weight is 240 g/mol. The molecule has 0 saturated carbocycles. The maximum absolute atomic E-state index is 5.62. The van der Waals surface area contributed by atoms with Crippen molar-refractivity contribution in [3.63, 3.8) is 0 Å². The predicted molar refractivity (Wildman–Crippen MR) is 67.8 cm³/mol. The zero-order valence-corrected chi connectivity index (χ0v) is 11.7. The van der Waals surface area contributed by atoms with Crippen molar-refractivity contribution in [3.05, 3.63) is 9.75 Å². The molecule has 2 heterocycles. The van der Waals surface area contributed by atoms with Crippen LogP contribution in [0.4, 0.5) is 0 Å². The van der Waals surface area contributed by atoms with Crippen molar-refractivity contribution in [1.82, 2.24) is 0 Å². The summed E-state index contributed by atoms with van der Waals surface area (Å²) >= 11 is 1.83. The van der Waals surface area contributed by atoms with Crippen molar-refractivity contribution in [1.29, 1.82) is 0 Å². The van der Waals surface area contributed by atoms with Gasteiger partial charge in [0.15, 0.2) is 11.5 Å². The summed E-state index contributed by atoms with van der Waals surface area (Å²) in [6.45, 7) is 13.7. The van der Waals surface area contributed by atoms with Crippen LogP contribution in [0.2, 0.25) is 0 Å². The van der Waals surface area contributed by atoms with E-state index in [2.05, 4.69) is 41.5 Å². The maximum Gasteiger partial charge on any atom is 0.231 e. The van der Waals surface area contributed by atoms with Crippen LogP contribution in [0.25, 0.3) is 0 Å². The summed E-state index contributed by atoms with van der Waals surface area (Å²) in [5, 5.41) is 0. The van der Waals surface area contributed by atoms with Gasteiger partial charge in [0.2, 0.25) is 6.79 Å². The molecule has 0 fully saturated rings. The minimum atomic E-state index is 0.117. The molecule has 1 aliphatic rings. The van der Waals surface area contributed by atoms with E-state index in [1.165, 1.54) is 9.75 Å². The molecular formula is C13H20O2S. The average Bonchev–Trinajstić information content (AvgIpc) is 2.54. The summed E-state index contributed by atoms with van der Waals surface area (Å²) in [6.07, 6.45) is 0. The first-order valence-electron chi connectivity index (χ1n) is 5.64. The van der Waals surface area contributed by atoms with Gasteiger partial charge in [0, 0.05) is 10.8 Å². The minimum Gasteiger partial charge on any atom is -0.452 e. The molecule has 0 radical (unpaired) electrons. The third-order valence-corrected chi connectivity index (χ3v) is 4.60. The van der Waals surface area contributed by atoms with Gasteiger partial charge in [-0.25, -0.2) is 0 Å². The summed E-state index contributed by atoms with van der Waals surface area (Å²) in [7, 11) is 0. The Balaban J connectivity index is 2.59. The van der Waals surface area contributed by atoms with E-state index in [1.807, 2.05) is 11.3 Å². The zero-order valence-electron chi connectivity index (χ0n) is 10.9. The minimum absolute atomic E-state index is 0.117. The van der Waals surface area contributed by atoms with Crippen LogP contribution in [0.3, 0.4) is 0 Å². The third-order valence-electron chi connectivity index (χ3n) is 2.59. The van der Waals surface area contributed by atoms with Crippen LogP contribution in [0, 0.1) is 0 Å². The molecule has 0 bridgehead atoms. The molecule has 0 atom stereocenters. The highest BCUT2D eigenvalue weighted by atomic mass is 32.1. The second-order valence-electron chi connectivity index (χ2n) is 6.33. The van der Waals surface area contributed by atoms with Crippen LogP contribution in [0.5, 0.6) is 11.5 Å². The van der Waals surface area contributed by atoms with E-state index in [9.17, 15) is 0 Å². The summed E-state index contributed by atoms with van der Waals surface area (Å²) in [6, 6.07) is 0. The highest BCUT2D eigenvalue weighted by Gasteiger charge is 2.35. The van der Waals surface area contributed by atoms with Crippen LogP contribution < -0.4 is 9.47 Å². The molecule has 1 aromatic heterocycles. The quantitative estimate of drug-likeness (QED) is 0.680. The van der Waals surface area contributed by atoms with Gasteiger partial charge in [-0.1, -0.05) is 41.5 Å². The highest BCUT2D eigenvalue weighted by Crippen LogP contribution is 2.53. The van der Waals surface area contributed by atoms with Crippen LogP contribution >= 0.6 is 11.3 Å². The molecule has 0 aromatic carbocycles. The molecule has 0 unspecified atom stereocenters. The van der Waals surface area contributed by atoms with Crippen molar-refractivity contribution in [3.8, 4) is 11.5 Å². The Morgan fingerprint density at radius 2 is 1.19 bits per heavy atom. The molecule has 1 aromatic rings. The molecular weight excluding hydrogens is 220 g/mol. The standard InChI is InChI=1S/C13H20O2S/c1-12(2,3)10-8-9(15-7-14-8)11(16-10)13(4,5)6/h7H2,1-6H3. The second kappa shape index (κ2) is 3.39. The first-order valence-corrected chi connectivity index (χ1v) is 6.46. The molecule has 16 heavy (non-hydrogen) atoms. The Bertz CT molecular complexity index is 368. The Morgan fingerprint density at radius 3 is 1.50 bits per heavy atom. The molecule has 90 valence electrons. The lowest BCUT2D eigenvalue weighted by atomic mass is 9.92. The smallest absolute Gasteiger partial charge is 0.231 e. The Hall–Kier alpha value is -0.700. The number of thiophene rings is 1. The Labute approximate surface area is 102 Å². The molecule has 0 N–H and O–H groups in total. The fourth-order valence-electron chi connectivity index (χ4n) is 1.80. The van der Waals surface area contributed by atoms with Gasteiger partial charge in [0.1, 0.15) is 0 Å². The summed E-state index contributed by atoms with van der Waals surface area (Å²) < 4.78 is 11.2. The van der Waals surface area contributed by atoms with Crippen molar-refractivity contribution in [2.75, 3.05) is 6.79 Å². The van der Waals surface area contributed by atoms with E-state index in [-0.39, 0.29) is 10.8 Å². The van der Waals surface area contributed by atoms with Gasteiger partial charge in [-0.15, -0.1) is 11.3 Å². The largest absolute Gasteiger partial charge is 0.452 e. The maximum atomic E-state index is 5.62. The van der Waals surface area contributed by atoms with Gasteiger partial charge >= 0.3 is 0 Å². The van der Waals surface area contributed by atoms with E-state index in [0.717, 1.165) is 11.5 Å². The normalized spacial score (nSPS) is 15.6. The van der Waals surface area contributed by atoms with Gasteiger partial charge in [-0.3, -0.25) is 0 Å². The monoisotopic (exact) mass is 240 g/mol. The predicted octanol–water partition coefficient (Wildman–Crippen LogP) is 4.07. The third kappa shape index (κ3) is 1.81. The van der Waals surface area contributed by atoms with Gasteiger partial charge in [0.05, 0.1) is 9.75 Å². The molecule has 2 nitrogen and oxygen atoms in total. The molecule has 2 rings (SSSR count). The highest BCUT2D eigenvalue weighted by molar-refractivity contribution is 7.13. The zero-order chi connectivity index (χ0) is 12.1. The fourth-order valence-corrected chi connectivity index (χ4v) is 3.10. The Morgan fingerprint density at radius 1 is 0.812 bits per heavy atom. The van der Waals surface area contributed by atoms with E-state index >= 15 is 0 Å². The summed E-state index contributed by atoms with van der Waals surface area (Å²) in [5.74, 6) is 1.95. The van der Waals surface area contributed by atoms with E-state index in [0.29, 0.717) is 6.79 Å². The van der Waals surface area contributed by atoms with Gasteiger partial charge in [0.25, 0.3) is 0 Å². The van der Waals surface area contributed by atoms with E-state index in [1.54, 1.807) is 0 Å². The van der Waals surface area contributed by atoms with Crippen molar-refractivity contribution in [2.45, 2.75) is 52.4 Å². The summed E-state index contributed by atoms with van der Waals surface area (Å²) in [5.41, 5.74) is 0.234. The van der Waals surface area contributed by atoms with Crippen LogP contribution in [0.15, 0.2) is 0 Å². The van der Waals surface area contributed by atoms with Crippen LogP contribution in [-0.4, -0.2) is 6.79 Å². The first-order chi connectivity index (χ1) is 7.21. The lowest BCUT2D eigenvalue weighted by molar-refractivity contribution is 0.171. The van der Waals surface area contributed by atoms with Crippen molar-refractivity contribution >= 4 is 11.3 Å². The summed E-state index contributed by atoms with van der Waals surface area (Å²) in [4.78, 5) is 2.59. The topological polar surface area (TPSA) is 18.5 Å². The SMILES string of the molecule is CC(C)(C)c1sc(C(C)(C)C)c2c1OCO2. The van der Waals surface area contributed by atoms with Crippen LogP contribution in [-0.2, 0) is 10.8 Å². The lowest BCUT2D eigenvalue weighted by Gasteiger charge is -2.19. The van der Waals surface area contributed by atoms with Gasteiger partial charge in [-0.2, -0.15) is 0 Å². The number of ether oxygens (including phenoxy) is 2. The lowest BCUT2D eigenvalue weighted by Crippen LogP contribution is -2.12. The van der Waals surface area contributed by atoms with Gasteiger partial charge in [-0.05, 0) is 0 Å². The van der Waals surface area contributed by atoms with Gasteiger partial charge < -0.3 is 9.47 Å². The fraction of sp³-hybridized carbons (Fsp3) is 0.692. The van der Waals surface area contributed by atoms with E-state index < -0.39 is 0 Å². The molecule has 1 aliphatic heterocycles.